The van der Waals surface area contributed by atoms with E-state index in [2.05, 4.69) is 16.0 Å². The molecule has 0 bridgehead atoms. The lowest BCUT2D eigenvalue weighted by Gasteiger charge is -2.35. The number of benzene rings is 1. The quantitative estimate of drug-likeness (QED) is 0.338. The number of amides is 1. The van der Waals surface area contributed by atoms with Crippen molar-refractivity contribution in [3.8, 4) is 5.75 Å². The van der Waals surface area contributed by atoms with Crippen molar-refractivity contribution in [2.75, 3.05) is 66.2 Å². The number of rotatable bonds is 12. The minimum atomic E-state index is -3.75. The number of methoxy groups -OCH3 is 1. The first kappa shape index (κ1) is 33.8. The zero-order valence-electron chi connectivity index (χ0n) is 27.2. The Labute approximate surface area is 269 Å². The van der Waals surface area contributed by atoms with E-state index in [1.54, 1.807) is 43.6 Å². The summed E-state index contributed by atoms with van der Waals surface area (Å²) in [7, 11) is -2.17. The topological polar surface area (TPSA) is 102 Å². The number of likely N-dealkylation sites (tertiary alicyclic amines) is 2. The first-order valence-electron chi connectivity index (χ1n) is 16.5. The van der Waals surface area contributed by atoms with Gasteiger partial charge in [0.25, 0.3) is 0 Å². The highest BCUT2D eigenvalue weighted by Crippen LogP contribution is 2.37. The zero-order valence-corrected chi connectivity index (χ0v) is 28.0. The van der Waals surface area contributed by atoms with Crippen molar-refractivity contribution < 1.29 is 27.4 Å². The van der Waals surface area contributed by atoms with Crippen LogP contribution in [0.2, 0.25) is 0 Å². The third kappa shape index (κ3) is 8.05. The molecule has 1 aromatic carbocycles. The van der Waals surface area contributed by atoms with Crippen molar-refractivity contribution in [1.29, 1.82) is 0 Å². The number of hydrogen-bond acceptors (Lipinski definition) is 8. The summed E-state index contributed by atoms with van der Waals surface area (Å²) in [4.78, 5) is 22.4. The largest absolute Gasteiger partial charge is 0.497 e. The predicted octanol–water partition coefficient (Wildman–Crippen LogP) is 4.29. The Bertz CT molecular complexity index is 1360. The number of piperidine rings is 1. The maximum Gasteiger partial charge on any atom is 0.248 e. The van der Waals surface area contributed by atoms with E-state index in [9.17, 15) is 13.2 Å². The van der Waals surface area contributed by atoms with E-state index in [0.29, 0.717) is 60.9 Å². The third-order valence-electron chi connectivity index (χ3n) is 9.66. The Morgan fingerprint density at radius 2 is 1.76 bits per heavy atom. The molecule has 3 fully saturated rings. The standard InChI is InChI=1S/C34H50N4O6S/c1-27-22-31(42-3)23-28(2)33(27)45(40,41)38-18-5-4-11-30(38)25-43-26-32(39)37-17-9-12-34(13-19-37,29-10-8-14-35-24-29)44-21-20-36-15-6-7-16-36/h8,10,14,22-24,30H,4-7,9,11-13,15-21,25-26H2,1-3H3. The lowest BCUT2D eigenvalue weighted by Crippen LogP contribution is -2.47. The van der Waals surface area contributed by atoms with E-state index in [-0.39, 0.29) is 25.2 Å². The monoisotopic (exact) mass is 642 g/mol. The fourth-order valence-corrected chi connectivity index (χ4v) is 9.36. The second-order valence-electron chi connectivity index (χ2n) is 12.7. The van der Waals surface area contributed by atoms with Gasteiger partial charge in [-0.05, 0) is 101 Å². The summed E-state index contributed by atoms with van der Waals surface area (Å²) in [5, 5.41) is 0. The molecular formula is C34H50N4O6S. The number of ether oxygens (including phenoxy) is 3. The molecular weight excluding hydrogens is 592 g/mol. The van der Waals surface area contributed by atoms with Gasteiger partial charge in [-0.15, -0.1) is 0 Å². The van der Waals surface area contributed by atoms with Crippen molar-refractivity contribution >= 4 is 15.9 Å². The Morgan fingerprint density at radius 3 is 2.47 bits per heavy atom. The van der Waals surface area contributed by atoms with Crippen molar-refractivity contribution in [2.45, 2.75) is 81.8 Å². The SMILES string of the molecule is COc1cc(C)c(S(=O)(=O)N2CCCCC2COCC(=O)N2CCCC(OCCN3CCCC3)(c3cccnc3)CC2)c(C)c1. The number of sulfonamides is 1. The third-order valence-corrected chi connectivity index (χ3v) is 11.9. The fraction of sp³-hybridized carbons (Fsp3) is 0.647. The van der Waals surface area contributed by atoms with Gasteiger partial charge in [-0.3, -0.25) is 9.78 Å². The Morgan fingerprint density at radius 1 is 1.00 bits per heavy atom. The summed E-state index contributed by atoms with van der Waals surface area (Å²) in [6.45, 7) is 9.22. The van der Waals surface area contributed by atoms with Crippen molar-refractivity contribution in [2.24, 2.45) is 0 Å². The normalized spacial score (nSPS) is 23.6. The molecule has 2 unspecified atom stereocenters. The van der Waals surface area contributed by atoms with Crippen molar-refractivity contribution in [3.63, 3.8) is 0 Å². The van der Waals surface area contributed by atoms with E-state index in [1.807, 2.05) is 17.2 Å². The molecule has 4 heterocycles. The summed E-state index contributed by atoms with van der Waals surface area (Å²) in [5.41, 5.74) is 1.92. The number of aromatic nitrogens is 1. The highest BCUT2D eigenvalue weighted by Gasteiger charge is 2.38. The summed E-state index contributed by atoms with van der Waals surface area (Å²) in [5.74, 6) is 0.571. The molecule has 11 heteroatoms. The second kappa shape index (κ2) is 15.3. The van der Waals surface area contributed by atoms with Crippen molar-refractivity contribution in [3.05, 3.63) is 53.3 Å². The summed E-state index contributed by atoms with van der Waals surface area (Å²) in [6.07, 6.45) is 10.9. The first-order valence-corrected chi connectivity index (χ1v) is 18.0. The number of pyridine rings is 1. The lowest BCUT2D eigenvalue weighted by atomic mass is 9.87. The van der Waals surface area contributed by atoms with Gasteiger partial charge in [-0.25, -0.2) is 8.42 Å². The minimum absolute atomic E-state index is 0.0684. The Hall–Kier alpha value is -2.57. The van der Waals surface area contributed by atoms with Crippen LogP contribution in [0.25, 0.3) is 0 Å². The molecule has 248 valence electrons. The number of nitrogens with zero attached hydrogens (tertiary/aromatic N) is 4. The van der Waals surface area contributed by atoms with Crippen LogP contribution < -0.4 is 4.74 Å². The van der Waals surface area contributed by atoms with Crippen LogP contribution in [-0.2, 0) is 29.9 Å². The minimum Gasteiger partial charge on any atom is -0.497 e. The van der Waals surface area contributed by atoms with Gasteiger partial charge >= 0.3 is 0 Å². The average molecular weight is 643 g/mol. The zero-order chi connectivity index (χ0) is 31.9. The highest BCUT2D eigenvalue weighted by atomic mass is 32.2. The van der Waals surface area contributed by atoms with Crippen LogP contribution in [0, 0.1) is 13.8 Å². The molecule has 3 aliphatic heterocycles. The number of carbonyl (C=O) groups is 1. The van der Waals surface area contributed by atoms with Gasteiger partial charge in [0.05, 0.1) is 30.8 Å². The summed E-state index contributed by atoms with van der Waals surface area (Å²) in [6, 6.07) is 7.24. The van der Waals surface area contributed by atoms with Gasteiger partial charge in [0.2, 0.25) is 15.9 Å². The van der Waals surface area contributed by atoms with Gasteiger partial charge in [0.1, 0.15) is 12.4 Å². The fourth-order valence-electron chi connectivity index (χ4n) is 7.27. The molecule has 1 aromatic heterocycles. The molecule has 10 nitrogen and oxygen atoms in total. The Balaban J connectivity index is 1.18. The molecule has 0 aliphatic carbocycles. The van der Waals surface area contributed by atoms with Gasteiger partial charge < -0.3 is 24.0 Å². The van der Waals surface area contributed by atoms with E-state index in [1.165, 1.54) is 12.8 Å². The molecule has 0 N–H and O–H groups in total. The van der Waals surface area contributed by atoms with Crippen LogP contribution in [0.15, 0.2) is 41.6 Å². The van der Waals surface area contributed by atoms with Gasteiger partial charge in [-0.1, -0.05) is 12.5 Å². The molecule has 3 aliphatic rings. The number of carbonyl (C=O) groups excluding carboxylic acids is 1. The molecule has 2 atom stereocenters. The second-order valence-corrected chi connectivity index (χ2v) is 14.6. The van der Waals surface area contributed by atoms with E-state index in [0.717, 1.165) is 50.9 Å². The van der Waals surface area contributed by atoms with Crippen LogP contribution in [-0.4, -0.2) is 106 Å². The van der Waals surface area contributed by atoms with Crippen LogP contribution in [0.1, 0.15) is 68.1 Å². The maximum absolute atomic E-state index is 13.9. The van der Waals surface area contributed by atoms with E-state index in [4.69, 9.17) is 14.2 Å². The molecule has 0 radical (unpaired) electrons. The van der Waals surface area contributed by atoms with Crippen LogP contribution in [0.3, 0.4) is 0 Å². The molecule has 1 amide bonds. The average Bonchev–Trinajstić information content (AvgIpc) is 3.46. The van der Waals surface area contributed by atoms with Crippen LogP contribution in [0.5, 0.6) is 5.75 Å². The molecule has 3 saturated heterocycles. The van der Waals surface area contributed by atoms with Crippen molar-refractivity contribution in [1.82, 2.24) is 19.1 Å². The van der Waals surface area contributed by atoms with E-state index < -0.39 is 15.6 Å². The smallest absolute Gasteiger partial charge is 0.248 e. The molecule has 0 saturated carbocycles. The maximum atomic E-state index is 13.9. The van der Waals surface area contributed by atoms with Crippen LogP contribution >= 0.6 is 0 Å². The Kier molecular flexibility index (Phi) is 11.5. The number of hydrogen-bond donors (Lipinski definition) is 0. The van der Waals surface area contributed by atoms with Gasteiger partial charge in [0.15, 0.2) is 0 Å². The van der Waals surface area contributed by atoms with E-state index >= 15 is 0 Å². The number of aryl methyl sites for hydroxylation is 2. The lowest BCUT2D eigenvalue weighted by molar-refractivity contribution is -0.137. The molecule has 2 aromatic rings. The molecule has 45 heavy (non-hydrogen) atoms. The molecule has 5 rings (SSSR count). The van der Waals surface area contributed by atoms with Gasteiger partial charge in [0, 0.05) is 50.2 Å². The molecule has 0 spiro atoms. The summed E-state index contributed by atoms with van der Waals surface area (Å²) < 4.78 is 47.3. The highest BCUT2D eigenvalue weighted by molar-refractivity contribution is 7.89. The van der Waals surface area contributed by atoms with Crippen LogP contribution in [0.4, 0.5) is 0 Å². The van der Waals surface area contributed by atoms with Gasteiger partial charge in [-0.2, -0.15) is 4.31 Å². The predicted molar refractivity (Wildman–Crippen MR) is 173 cm³/mol. The first-order chi connectivity index (χ1) is 21.7. The summed E-state index contributed by atoms with van der Waals surface area (Å²) >= 11 is 0.